The summed E-state index contributed by atoms with van der Waals surface area (Å²) in [4.78, 5) is 55.3. The topological polar surface area (TPSA) is 131 Å². The molecule has 0 N–H and O–H groups in total. The second-order valence-electron chi connectivity index (χ2n) is 9.07. The van der Waals surface area contributed by atoms with Gasteiger partial charge in [-0.2, -0.15) is 0 Å². The zero-order valence-corrected chi connectivity index (χ0v) is 19.9. The molecule has 2 aromatic heterocycles. The number of non-ortho nitro benzene ring substituents is 1. The fourth-order valence-electron chi connectivity index (χ4n) is 5.14. The Hall–Kier alpha value is -4.93. The molecule has 2 aromatic carbocycles. The van der Waals surface area contributed by atoms with Gasteiger partial charge in [-0.05, 0) is 42.8 Å². The van der Waals surface area contributed by atoms with Crippen LogP contribution in [0.2, 0.25) is 0 Å². The first-order valence-electron chi connectivity index (χ1n) is 11.7. The van der Waals surface area contributed by atoms with Crippen LogP contribution in [0.3, 0.4) is 0 Å². The Morgan fingerprint density at radius 3 is 2.69 bits per heavy atom. The molecular weight excluding hydrogens is 509 g/mol. The highest BCUT2D eigenvalue weighted by Gasteiger charge is 2.50. The van der Waals surface area contributed by atoms with Gasteiger partial charge in [0.05, 0.1) is 44.9 Å². The molecule has 4 aromatic rings. The van der Waals surface area contributed by atoms with E-state index in [0.717, 1.165) is 6.07 Å². The predicted octanol–water partition coefficient (Wildman–Crippen LogP) is 4.63. The van der Waals surface area contributed by atoms with Crippen molar-refractivity contribution in [1.29, 1.82) is 0 Å². The SMILES string of the molecule is C.CC[C@@]1(OC(=O)c2cccc(F)c2)C(=O)OCc2c1cc1n(c2=O)Cc2cc3c([N+](=O)[O-])cccc3nc2-1. The quantitative estimate of drug-likeness (QED) is 0.186. The molecule has 4 heterocycles. The summed E-state index contributed by atoms with van der Waals surface area (Å²) in [5, 5.41) is 11.9. The third-order valence-electron chi connectivity index (χ3n) is 7.02. The van der Waals surface area contributed by atoms with Gasteiger partial charge in [0.25, 0.3) is 11.2 Å². The van der Waals surface area contributed by atoms with Crippen LogP contribution in [0.15, 0.2) is 59.4 Å². The smallest absolute Gasteiger partial charge is 0.355 e. The molecule has 0 spiro atoms. The number of cyclic esters (lactones) is 1. The van der Waals surface area contributed by atoms with E-state index in [2.05, 4.69) is 4.98 Å². The fourth-order valence-corrected chi connectivity index (χ4v) is 5.14. The average molecular weight is 531 g/mol. The molecule has 0 unspecified atom stereocenters. The number of fused-ring (bicyclic) bond motifs is 5. The number of carbonyl (C=O) groups is 2. The van der Waals surface area contributed by atoms with Gasteiger partial charge in [0, 0.05) is 17.2 Å². The number of nitro benzene ring substituents is 1. The van der Waals surface area contributed by atoms with E-state index in [9.17, 15) is 28.9 Å². The highest BCUT2D eigenvalue weighted by Crippen LogP contribution is 2.41. The lowest BCUT2D eigenvalue weighted by atomic mass is 9.85. The highest BCUT2D eigenvalue weighted by molar-refractivity contribution is 5.94. The summed E-state index contributed by atoms with van der Waals surface area (Å²) in [5.74, 6) is -2.45. The maximum absolute atomic E-state index is 13.7. The Bertz CT molecular complexity index is 1780. The Morgan fingerprint density at radius 2 is 1.97 bits per heavy atom. The summed E-state index contributed by atoms with van der Waals surface area (Å²) in [6, 6.07) is 12.6. The number of hydrogen-bond acceptors (Lipinski definition) is 8. The lowest BCUT2D eigenvalue weighted by Gasteiger charge is -2.35. The Labute approximate surface area is 220 Å². The first-order valence-corrected chi connectivity index (χ1v) is 11.7. The minimum Gasteiger partial charge on any atom is -0.457 e. The van der Waals surface area contributed by atoms with Gasteiger partial charge in [-0.3, -0.25) is 14.9 Å². The van der Waals surface area contributed by atoms with Crippen molar-refractivity contribution in [3.63, 3.8) is 0 Å². The highest BCUT2D eigenvalue weighted by atomic mass is 19.1. The van der Waals surface area contributed by atoms with Crippen LogP contribution in [0, 0.1) is 15.9 Å². The van der Waals surface area contributed by atoms with Crippen molar-refractivity contribution >= 4 is 28.5 Å². The van der Waals surface area contributed by atoms with Gasteiger partial charge in [0.2, 0.25) is 5.60 Å². The number of nitrogens with zero attached hydrogens (tertiary/aromatic N) is 3. The van der Waals surface area contributed by atoms with Crippen molar-refractivity contribution in [3.05, 3.63) is 103 Å². The van der Waals surface area contributed by atoms with Crippen LogP contribution < -0.4 is 5.56 Å². The lowest BCUT2D eigenvalue weighted by Crippen LogP contribution is -2.47. The second-order valence-corrected chi connectivity index (χ2v) is 9.07. The third-order valence-corrected chi connectivity index (χ3v) is 7.02. The fraction of sp³-hybridized carbons (Fsp3) is 0.214. The molecule has 0 saturated heterocycles. The minimum atomic E-state index is -1.94. The molecule has 6 rings (SSSR count). The van der Waals surface area contributed by atoms with Crippen LogP contribution in [0.5, 0.6) is 0 Å². The summed E-state index contributed by atoms with van der Waals surface area (Å²) in [7, 11) is 0. The van der Waals surface area contributed by atoms with Crippen molar-refractivity contribution in [3.8, 4) is 11.4 Å². The zero-order valence-electron chi connectivity index (χ0n) is 19.9. The maximum Gasteiger partial charge on any atom is 0.355 e. The zero-order chi connectivity index (χ0) is 26.8. The van der Waals surface area contributed by atoms with E-state index >= 15 is 0 Å². The Kier molecular flexibility index (Phi) is 6.01. The third kappa shape index (κ3) is 3.77. The van der Waals surface area contributed by atoms with Crippen LogP contribution in [-0.2, 0) is 33.0 Å². The van der Waals surface area contributed by atoms with Crippen molar-refractivity contribution in [1.82, 2.24) is 9.55 Å². The number of halogens is 1. The standard InChI is InChI=1S/C27H18FN3O7.CH4/c1-2-27(38-25(33)14-5-3-6-16(28)9-14)19-11-22-23-15(12-30(22)24(32)18(19)13-37-26(27)34)10-17-20(29-23)7-4-8-21(17)31(35)36;/h3-11H,2,12-13H2,1H3;1H4/t27-;/m0./s1. The number of nitro groups is 1. The average Bonchev–Trinajstić information content (AvgIpc) is 3.26. The molecule has 2 aliphatic rings. The maximum atomic E-state index is 13.7. The predicted molar refractivity (Wildman–Crippen MR) is 138 cm³/mol. The molecule has 10 nitrogen and oxygen atoms in total. The number of benzene rings is 2. The van der Waals surface area contributed by atoms with Gasteiger partial charge in [0.1, 0.15) is 12.4 Å². The van der Waals surface area contributed by atoms with Gasteiger partial charge in [-0.15, -0.1) is 0 Å². The van der Waals surface area contributed by atoms with Crippen LogP contribution in [0.1, 0.15) is 47.8 Å². The lowest BCUT2D eigenvalue weighted by molar-refractivity contribution is -0.383. The van der Waals surface area contributed by atoms with Gasteiger partial charge in [-0.25, -0.2) is 19.0 Å². The molecule has 2 aliphatic heterocycles. The van der Waals surface area contributed by atoms with Crippen molar-refractivity contribution in [2.45, 2.75) is 39.5 Å². The van der Waals surface area contributed by atoms with Gasteiger partial charge >= 0.3 is 11.9 Å². The van der Waals surface area contributed by atoms with E-state index in [4.69, 9.17) is 9.47 Å². The number of pyridine rings is 2. The molecule has 0 fully saturated rings. The van der Waals surface area contributed by atoms with E-state index in [1.165, 1.54) is 34.9 Å². The summed E-state index contributed by atoms with van der Waals surface area (Å²) >= 11 is 0. The molecule has 198 valence electrons. The van der Waals surface area contributed by atoms with Gasteiger partial charge in [0.15, 0.2) is 0 Å². The number of ether oxygens (including phenoxy) is 2. The van der Waals surface area contributed by atoms with Gasteiger partial charge in [-0.1, -0.05) is 26.5 Å². The summed E-state index contributed by atoms with van der Waals surface area (Å²) in [6.07, 6.45) is -0.0486. The van der Waals surface area contributed by atoms with E-state index in [1.54, 1.807) is 25.1 Å². The molecule has 0 radical (unpaired) electrons. The normalized spacial score (nSPS) is 16.9. The molecule has 0 bridgehead atoms. The van der Waals surface area contributed by atoms with E-state index in [0.29, 0.717) is 27.9 Å². The van der Waals surface area contributed by atoms with Crippen molar-refractivity contribution < 1.29 is 28.4 Å². The van der Waals surface area contributed by atoms with Crippen LogP contribution in [0.4, 0.5) is 10.1 Å². The number of rotatable bonds is 4. The molecule has 0 amide bonds. The molecular formula is C28H22FN3O7. The largest absolute Gasteiger partial charge is 0.457 e. The molecule has 1 atom stereocenters. The Morgan fingerprint density at radius 1 is 1.21 bits per heavy atom. The van der Waals surface area contributed by atoms with Crippen LogP contribution in [0.25, 0.3) is 22.3 Å². The number of carbonyl (C=O) groups excluding carboxylic acids is 2. The second kappa shape index (κ2) is 9.12. The summed E-state index contributed by atoms with van der Waals surface area (Å²) in [6.45, 7) is 1.41. The van der Waals surface area contributed by atoms with Crippen LogP contribution >= 0.6 is 0 Å². The molecule has 11 heteroatoms. The molecule has 0 saturated carbocycles. The van der Waals surface area contributed by atoms with E-state index in [1.807, 2.05) is 0 Å². The number of hydrogen-bond donors (Lipinski definition) is 0. The van der Waals surface area contributed by atoms with E-state index in [-0.39, 0.29) is 49.4 Å². The Balaban J connectivity index is 0.00000308. The number of aromatic nitrogens is 2. The van der Waals surface area contributed by atoms with Gasteiger partial charge < -0.3 is 14.0 Å². The molecule has 0 aliphatic carbocycles. The van der Waals surface area contributed by atoms with Crippen molar-refractivity contribution in [2.75, 3.05) is 0 Å². The van der Waals surface area contributed by atoms with E-state index < -0.39 is 33.8 Å². The first-order chi connectivity index (χ1) is 18.2. The number of esters is 2. The van der Waals surface area contributed by atoms with Crippen molar-refractivity contribution in [2.24, 2.45) is 0 Å². The monoisotopic (exact) mass is 531 g/mol. The van der Waals surface area contributed by atoms with Crippen LogP contribution in [-0.4, -0.2) is 26.4 Å². The molecule has 39 heavy (non-hydrogen) atoms. The summed E-state index contributed by atoms with van der Waals surface area (Å²) < 4.78 is 26.2. The minimum absolute atomic E-state index is 0. The summed E-state index contributed by atoms with van der Waals surface area (Å²) in [5.41, 5.74) is -0.510. The first kappa shape index (κ1) is 25.7.